The van der Waals surface area contributed by atoms with Crippen LogP contribution in [0.2, 0.25) is 0 Å². The number of halogens is 4. The Morgan fingerprint density at radius 2 is 1.90 bits per heavy atom. The lowest BCUT2D eigenvalue weighted by Gasteiger charge is -2.29. The van der Waals surface area contributed by atoms with Crippen LogP contribution in [0.4, 0.5) is 29.1 Å². The molecule has 1 saturated heterocycles. The molecule has 5 nitrogen and oxygen atoms in total. The highest BCUT2D eigenvalue weighted by Gasteiger charge is 2.48. The summed E-state index contributed by atoms with van der Waals surface area (Å²) in [5, 5.41) is 0. The van der Waals surface area contributed by atoms with Crippen LogP contribution in [0.15, 0.2) is 36.4 Å². The number of aromatic nitrogens is 1. The van der Waals surface area contributed by atoms with Gasteiger partial charge in [-0.05, 0) is 43.7 Å². The second-order valence-corrected chi connectivity index (χ2v) is 7.02. The van der Waals surface area contributed by atoms with E-state index in [9.17, 15) is 27.2 Å². The fourth-order valence-corrected chi connectivity index (χ4v) is 3.33. The van der Waals surface area contributed by atoms with Crippen molar-refractivity contribution in [3.05, 3.63) is 53.2 Å². The Kier molecular flexibility index (Phi) is 5.34. The van der Waals surface area contributed by atoms with Crippen molar-refractivity contribution in [1.29, 1.82) is 0 Å². The number of hydrogen-bond donors (Lipinski definition) is 0. The molecule has 2 aromatic rings. The predicted octanol–water partition coefficient (Wildman–Crippen LogP) is 3.82. The summed E-state index contributed by atoms with van der Waals surface area (Å²) in [6, 6.07) is 6.79. The molecule has 1 aliphatic heterocycles. The van der Waals surface area contributed by atoms with Crippen LogP contribution >= 0.6 is 0 Å². The number of amides is 2. The van der Waals surface area contributed by atoms with Crippen molar-refractivity contribution in [2.45, 2.75) is 38.7 Å². The highest BCUT2D eigenvalue weighted by atomic mass is 19.4. The molecule has 154 valence electrons. The number of carbonyl (C=O) groups excluding carboxylic acids is 2. The van der Waals surface area contributed by atoms with E-state index in [0.29, 0.717) is 11.8 Å². The number of pyridine rings is 1. The van der Waals surface area contributed by atoms with Gasteiger partial charge in [-0.15, -0.1) is 0 Å². The SMILES string of the molecule is Cc1cccc(N(C)C(=O)C2C(F)CC(=O)N2c2cc(C(F)(F)F)cc(C)n2)c1. The van der Waals surface area contributed by atoms with Crippen molar-refractivity contribution in [3.63, 3.8) is 0 Å². The Balaban J connectivity index is 2.01. The van der Waals surface area contributed by atoms with Crippen molar-refractivity contribution >= 4 is 23.3 Å². The van der Waals surface area contributed by atoms with Crippen LogP contribution in [0, 0.1) is 13.8 Å². The van der Waals surface area contributed by atoms with Crippen molar-refractivity contribution in [1.82, 2.24) is 4.98 Å². The highest BCUT2D eigenvalue weighted by molar-refractivity contribution is 6.08. The molecule has 0 radical (unpaired) electrons. The number of likely N-dealkylation sites (N-methyl/N-ethyl adjacent to an activating group) is 1. The van der Waals surface area contributed by atoms with Gasteiger partial charge in [-0.25, -0.2) is 9.37 Å². The summed E-state index contributed by atoms with van der Waals surface area (Å²) < 4.78 is 54.2. The quantitative estimate of drug-likeness (QED) is 0.725. The van der Waals surface area contributed by atoms with E-state index >= 15 is 0 Å². The second kappa shape index (κ2) is 7.46. The van der Waals surface area contributed by atoms with Crippen LogP contribution in [0.5, 0.6) is 0 Å². The summed E-state index contributed by atoms with van der Waals surface area (Å²) in [5.41, 5.74) is 0.333. The van der Waals surface area contributed by atoms with E-state index in [4.69, 9.17) is 0 Å². The fraction of sp³-hybridized carbons (Fsp3) is 0.350. The lowest BCUT2D eigenvalue weighted by atomic mass is 10.1. The first-order valence-electron chi connectivity index (χ1n) is 8.85. The number of aryl methyl sites for hydroxylation is 2. The number of carbonyl (C=O) groups is 2. The topological polar surface area (TPSA) is 53.5 Å². The predicted molar refractivity (Wildman–Crippen MR) is 99.4 cm³/mol. The minimum Gasteiger partial charge on any atom is -0.314 e. The molecule has 1 aromatic carbocycles. The van der Waals surface area contributed by atoms with Gasteiger partial charge in [0.15, 0.2) is 0 Å². The number of hydrogen-bond acceptors (Lipinski definition) is 3. The largest absolute Gasteiger partial charge is 0.416 e. The molecule has 9 heteroatoms. The molecule has 1 aromatic heterocycles. The van der Waals surface area contributed by atoms with Crippen molar-refractivity contribution in [2.75, 3.05) is 16.8 Å². The fourth-order valence-electron chi connectivity index (χ4n) is 3.33. The maximum atomic E-state index is 14.7. The molecule has 0 bridgehead atoms. The molecule has 2 atom stereocenters. The highest BCUT2D eigenvalue weighted by Crippen LogP contribution is 2.35. The smallest absolute Gasteiger partial charge is 0.314 e. The van der Waals surface area contributed by atoms with Crippen LogP contribution in [0.1, 0.15) is 23.2 Å². The molecular weight excluding hydrogens is 390 g/mol. The first kappa shape index (κ1) is 20.8. The minimum absolute atomic E-state index is 0.00294. The third kappa shape index (κ3) is 4.08. The van der Waals surface area contributed by atoms with Gasteiger partial charge in [0.2, 0.25) is 5.91 Å². The van der Waals surface area contributed by atoms with Crippen LogP contribution in [-0.2, 0) is 15.8 Å². The van der Waals surface area contributed by atoms with Gasteiger partial charge in [-0.1, -0.05) is 12.1 Å². The molecule has 0 spiro atoms. The molecule has 2 unspecified atom stereocenters. The van der Waals surface area contributed by atoms with Crippen LogP contribution in [-0.4, -0.2) is 36.1 Å². The Labute approximate surface area is 164 Å². The van der Waals surface area contributed by atoms with E-state index in [0.717, 1.165) is 16.5 Å². The van der Waals surface area contributed by atoms with E-state index in [-0.39, 0.29) is 5.69 Å². The number of alkyl halides is 4. The third-order valence-corrected chi connectivity index (χ3v) is 4.75. The van der Waals surface area contributed by atoms with E-state index in [2.05, 4.69) is 4.98 Å². The summed E-state index contributed by atoms with van der Waals surface area (Å²) >= 11 is 0. The lowest BCUT2D eigenvalue weighted by molar-refractivity contribution is -0.137. The Bertz CT molecular complexity index is 961. The summed E-state index contributed by atoms with van der Waals surface area (Å²) in [6.07, 6.45) is -7.13. The molecule has 3 rings (SSSR count). The van der Waals surface area contributed by atoms with E-state index in [1.807, 2.05) is 13.0 Å². The zero-order valence-corrected chi connectivity index (χ0v) is 16.0. The maximum absolute atomic E-state index is 14.7. The summed E-state index contributed by atoms with van der Waals surface area (Å²) in [6.45, 7) is 3.16. The Morgan fingerprint density at radius 1 is 1.21 bits per heavy atom. The standard InChI is InChI=1S/C20H19F4N3O2/c1-11-5-4-6-14(7-11)26(3)19(29)18-15(21)10-17(28)27(18)16-9-13(20(22,23)24)8-12(2)25-16/h4-9,15,18H,10H2,1-3H3. The second-order valence-electron chi connectivity index (χ2n) is 7.02. The van der Waals surface area contributed by atoms with Gasteiger partial charge in [0.05, 0.1) is 12.0 Å². The van der Waals surface area contributed by atoms with Gasteiger partial charge >= 0.3 is 6.18 Å². The van der Waals surface area contributed by atoms with Gasteiger partial charge in [0, 0.05) is 18.4 Å². The zero-order chi connectivity index (χ0) is 21.5. The summed E-state index contributed by atoms with van der Waals surface area (Å²) in [5.74, 6) is -1.93. The van der Waals surface area contributed by atoms with Crippen molar-refractivity contribution < 1.29 is 27.2 Å². The van der Waals surface area contributed by atoms with Gasteiger partial charge in [-0.2, -0.15) is 13.2 Å². The molecule has 0 N–H and O–H groups in total. The van der Waals surface area contributed by atoms with Crippen molar-refractivity contribution in [2.24, 2.45) is 0 Å². The van der Waals surface area contributed by atoms with Crippen LogP contribution < -0.4 is 9.80 Å². The molecule has 0 saturated carbocycles. The first-order valence-corrected chi connectivity index (χ1v) is 8.85. The Hall–Kier alpha value is -2.97. The molecular formula is C20H19F4N3O2. The maximum Gasteiger partial charge on any atom is 0.416 e. The minimum atomic E-state index is -4.67. The van der Waals surface area contributed by atoms with E-state index < -0.39 is 48.0 Å². The molecule has 29 heavy (non-hydrogen) atoms. The third-order valence-electron chi connectivity index (χ3n) is 4.75. The molecule has 2 heterocycles. The Morgan fingerprint density at radius 3 is 2.52 bits per heavy atom. The summed E-state index contributed by atoms with van der Waals surface area (Å²) in [4.78, 5) is 31.3. The average molecular weight is 409 g/mol. The van der Waals surface area contributed by atoms with Gasteiger partial charge in [0.1, 0.15) is 18.0 Å². The summed E-state index contributed by atoms with van der Waals surface area (Å²) in [7, 11) is 1.43. The van der Waals surface area contributed by atoms with E-state index in [1.165, 1.54) is 18.9 Å². The number of nitrogens with zero attached hydrogens (tertiary/aromatic N) is 3. The van der Waals surface area contributed by atoms with Crippen molar-refractivity contribution in [3.8, 4) is 0 Å². The molecule has 1 aliphatic rings. The van der Waals surface area contributed by atoms with Gasteiger partial charge in [-0.3, -0.25) is 14.5 Å². The number of rotatable bonds is 3. The van der Waals surface area contributed by atoms with Crippen LogP contribution in [0.25, 0.3) is 0 Å². The van der Waals surface area contributed by atoms with Gasteiger partial charge < -0.3 is 4.90 Å². The molecule has 1 fully saturated rings. The van der Waals surface area contributed by atoms with E-state index in [1.54, 1.807) is 18.2 Å². The normalized spacial score (nSPS) is 19.6. The monoisotopic (exact) mass is 409 g/mol. The number of benzene rings is 1. The average Bonchev–Trinajstić information content (AvgIpc) is 2.93. The lowest BCUT2D eigenvalue weighted by Crippen LogP contribution is -2.49. The molecule has 0 aliphatic carbocycles. The number of anilines is 2. The first-order chi connectivity index (χ1) is 13.5. The zero-order valence-electron chi connectivity index (χ0n) is 16.0. The molecule has 2 amide bonds. The van der Waals surface area contributed by atoms with Crippen LogP contribution in [0.3, 0.4) is 0 Å². The van der Waals surface area contributed by atoms with Gasteiger partial charge in [0.25, 0.3) is 5.91 Å².